The Hall–Kier alpha value is -0.600. The molecule has 82 valence electrons. The van der Waals surface area contributed by atoms with Gasteiger partial charge in [-0.15, -0.1) is 11.3 Å². The Morgan fingerprint density at radius 1 is 1.67 bits per heavy atom. The van der Waals surface area contributed by atoms with Crippen molar-refractivity contribution in [3.05, 3.63) is 34.0 Å². The first-order valence-corrected chi connectivity index (χ1v) is 6.65. The van der Waals surface area contributed by atoms with Gasteiger partial charge in [0.25, 0.3) is 0 Å². The maximum absolute atomic E-state index is 4.04. The molecule has 1 aromatic rings. The zero-order valence-corrected chi connectivity index (χ0v) is 10.2. The fourth-order valence-electron chi connectivity index (χ4n) is 2.09. The highest BCUT2D eigenvalue weighted by molar-refractivity contribution is 7.10. The second kappa shape index (κ2) is 4.95. The molecule has 0 aliphatic heterocycles. The van der Waals surface area contributed by atoms with Crippen molar-refractivity contribution in [1.82, 2.24) is 5.32 Å². The lowest BCUT2D eigenvalue weighted by atomic mass is 9.94. The normalized spacial score (nSPS) is 19.9. The molecule has 15 heavy (non-hydrogen) atoms. The summed E-state index contributed by atoms with van der Waals surface area (Å²) in [5.74, 6) is 0. The fourth-order valence-corrected chi connectivity index (χ4v) is 3.08. The summed E-state index contributed by atoms with van der Waals surface area (Å²) >= 11 is 1.91. The van der Waals surface area contributed by atoms with Gasteiger partial charge in [-0.25, -0.2) is 0 Å². The van der Waals surface area contributed by atoms with Gasteiger partial charge in [0, 0.05) is 17.5 Å². The molecule has 0 fully saturated rings. The van der Waals surface area contributed by atoms with Gasteiger partial charge in [-0.1, -0.05) is 19.1 Å². The van der Waals surface area contributed by atoms with Gasteiger partial charge in [0.1, 0.15) is 0 Å². The van der Waals surface area contributed by atoms with Gasteiger partial charge >= 0.3 is 0 Å². The molecule has 0 radical (unpaired) electrons. The molecule has 2 heteroatoms. The van der Waals surface area contributed by atoms with E-state index in [1.807, 2.05) is 11.3 Å². The van der Waals surface area contributed by atoms with Crippen LogP contribution in [0, 0.1) is 0 Å². The van der Waals surface area contributed by atoms with Crippen molar-refractivity contribution in [2.45, 2.75) is 38.6 Å². The Morgan fingerprint density at radius 3 is 3.33 bits per heavy atom. The predicted octanol–water partition coefficient (Wildman–Crippen LogP) is 3.68. The average molecular weight is 221 g/mol. The summed E-state index contributed by atoms with van der Waals surface area (Å²) in [7, 11) is 0. The number of nitrogens with one attached hydrogen (secondary N) is 1. The third-order valence-corrected chi connectivity index (χ3v) is 4.15. The van der Waals surface area contributed by atoms with E-state index in [4.69, 9.17) is 0 Å². The third-order valence-electron chi connectivity index (χ3n) is 3.15. The van der Waals surface area contributed by atoms with Crippen molar-refractivity contribution >= 4 is 11.3 Å². The first-order valence-electron chi connectivity index (χ1n) is 5.77. The SMILES string of the molecule is C=C(CC)CNC1CCCc2sccc21. The smallest absolute Gasteiger partial charge is 0.0334 e. The van der Waals surface area contributed by atoms with Crippen LogP contribution in [0.5, 0.6) is 0 Å². The van der Waals surface area contributed by atoms with Crippen LogP contribution in [0.25, 0.3) is 0 Å². The minimum Gasteiger partial charge on any atom is -0.306 e. The summed E-state index contributed by atoms with van der Waals surface area (Å²) in [6.45, 7) is 7.18. The molecule has 0 spiro atoms. The zero-order chi connectivity index (χ0) is 10.7. The van der Waals surface area contributed by atoms with Crippen LogP contribution in [0.4, 0.5) is 0 Å². The molecule has 0 aromatic carbocycles. The van der Waals surface area contributed by atoms with Gasteiger partial charge in [0.15, 0.2) is 0 Å². The van der Waals surface area contributed by atoms with Crippen molar-refractivity contribution in [3.8, 4) is 0 Å². The molecule has 0 saturated carbocycles. The number of rotatable bonds is 4. The molecule has 1 aromatic heterocycles. The molecular weight excluding hydrogens is 202 g/mol. The van der Waals surface area contributed by atoms with E-state index >= 15 is 0 Å². The highest BCUT2D eigenvalue weighted by atomic mass is 32.1. The zero-order valence-electron chi connectivity index (χ0n) is 9.38. The molecule has 1 N–H and O–H groups in total. The summed E-state index contributed by atoms with van der Waals surface area (Å²) in [6, 6.07) is 2.86. The molecule has 2 rings (SSSR count). The Morgan fingerprint density at radius 2 is 2.53 bits per heavy atom. The highest BCUT2D eigenvalue weighted by Gasteiger charge is 2.20. The molecule has 1 nitrogen and oxygen atoms in total. The van der Waals surface area contributed by atoms with Crippen LogP contribution >= 0.6 is 11.3 Å². The Balaban J connectivity index is 1.97. The summed E-state index contributed by atoms with van der Waals surface area (Å²) in [5, 5.41) is 5.84. The van der Waals surface area contributed by atoms with Crippen molar-refractivity contribution in [2.75, 3.05) is 6.54 Å². The van der Waals surface area contributed by atoms with Crippen LogP contribution in [0.1, 0.15) is 42.7 Å². The van der Waals surface area contributed by atoms with Crippen LogP contribution in [0.3, 0.4) is 0 Å². The van der Waals surface area contributed by atoms with Crippen LogP contribution < -0.4 is 5.32 Å². The standard InChI is InChI=1S/C13H19NS/c1-3-10(2)9-14-12-5-4-6-13-11(12)7-8-15-13/h7-8,12,14H,2-6,9H2,1H3. The van der Waals surface area contributed by atoms with E-state index in [2.05, 4.69) is 30.3 Å². The predicted molar refractivity (Wildman–Crippen MR) is 67.4 cm³/mol. The van der Waals surface area contributed by atoms with E-state index in [9.17, 15) is 0 Å². The molecular formula is C13H19NS. The first kappa shape index (κ1) is 10.9. The molecule has 1 heterocycles. The number of thiophene rings is 1. The fraction of sp³-hybridized carbons (Fsp3) is 0.538. The minimum absolute atomic E-state index is 0.572. The van der Waals surface area contributed by atoms with E-state index in [0.717, 1.165) is 13.0 Å². The second-order valence-electron chi connectivity index (χ2n) is 4.23. The topological polar surface area (TPSA) is 12.0 Å². The number of fused-ring (bicyclic) bond motifs is 1. The summed E-state index contributed by atoms with van der Waals surface area (Å²) in [6.07, 6.45) is 4.96. The van der Waals surface area contributed by atoms with Gasteiger partial charge in [-0.3, -0.25) is 0 Å². The van der Waals surface area contributed by atoms with Gasteiger partial charge in [0.05, 0.1) is 0 Å². The Bertz CT molecular complexity index is 340. The molecule has 0 bridgehead atoms. The average Bonchev–Trinajstić information content (AvgIpc) is 2.74. The Kier molecular flexibility index (Phi) is 3.60. The maximum atomic E-state index is 4.04. The lowest BCUT2D eigenvalue weighted by molar-refractivity contribution is 0.479. The molecule has 0 saturated heterocycles. The molecule has 1 atom stereocenters. The monoisotopic (exact) mass is 221 g/mol. The van der Waals surface area contributed by atoms with E-state index in [-0.39, 0.29) is 0 Å². The Labute approximate surface area is 96.2 Å². The van der Waals surface area contributed by atoms with Crippen molar-refractivity contribution in [2.24, 2.45) is 0 Å². The van der Waals surface area contributed by atoms with Gasteiger partial charge < -0.3 is 5.32 Å². The molecule has 0 amide bonds. The second-order valence-corrected chi connectivity index (χ2v) is 5.23. The summed E-state index contributed by atoms with van der Waals surface area (Å²) in [4.78, 5) is 1.58. The molecule has 1 aliphatic rings. The lowest BCUT2D eigenvalue weighted by Gasteiger charge is -2.24. The lowest BCUT2D eigenvalue weighted by Crippen LogP contribution is -2.25. The van der Waals surface area contributed by atoms with E-state index in [0.29, 0.717) is 6.04 Å². The van der Waals surface area contributed by atoms with E-state index < -0.39 is 0 Å². The minimum atomic E-state index is 0.572. The first-order chi connectivity index (χ1) is 7.31. The largest absolute Gasteiger partial charge is 0.306 e. The summed E-state index contributed by atoms with van der Waals surface area (Å²) < 4.78 is 0. The van der Waals surface area contributed by atoms with Crippen molar-refractivity contribution in [3.63, 3.8) is 0 Å². The van der Waals surface area contributed by atoms with Gasteiger partial charge in [-0.05, 0) is 42.7 Å². The van der Waals surface area contributed by atoms with Gasteiger partial charge in [-0.2, -0.15) is 0 Å². The van der Waals surface area contributed by atoms with Crippen molar-refractivity contribution < 1.29 is 0 Å². The highest BCUT2D eigenvalue weighted by Crippen LogP contribution is 2.33. The summed E-state index contributed by atoms with van der Waals surface area (Å²) in [5.41, 5.74) is 2.84. The quantitative estimate of drug-likeness (QED) is 0.765. The molecule has 1 aliphatic carbocycles. The number of hydrogen-bond donors (Lipinski definition) is 1. The molecule has 1 unspecified atom stereocenters. The van der Waals surface area contributed by atoms with E-state index in [1.54, 1.807) is 4.88 Å². The van der Waals surface area contributed by atoms with Crippen LogP contribution in [0.15, 0.2) is 23.6 Å². The van der Waals surface area contributed by atoms with E-state index in [1.165, 1.54) is 30.4 Å². The third kappa shape index (κ3) is 2.50. The maximum Gasteiger partial charge on any atom is 0.0334 e. The van der Waals surface area contributed by atoms with Crippen LogP contribution in [-0.4, -0.2) is 6.54 Å². The van der Waals surface area contributed by atoms with Crippen LogP contribution in [0.2, 0.25) is 0 Å². The van der Waals surface area contributed by atoms with Crippen molar-refractivity contribution in [1.29, 1.82) is 0 Å². The van der Waals surface area contributed by atoms with Gasteiger partial charge in [0.2, 0.25) is 0 Å². The number of aryl methyl sites for hydroxylation is 1. The number of hydrogen-bond acceptors (Lipinski definition) is 2. The van der Waals surface area contributed by atoms with Crippen LogP contribution in [-0.2, 0) is 6.42 Å².